The highest BCUT2D eigenvalue weighted by Crippen LogP contribution is 2.11. The first kappa shape index (κ1) is 19.0. The standard InChI is InChI=1S/C14H24N6O2S/c1-8(2)10(15)12(22)20-9(4-3-5-19-14(16)17)11(21)13-18-6-7-23-13/h6-10H,3-5,15H2,1-2H3,(H,20,22)(H4,16,17,19). The van der Waals surface area contributed by atoms with Gasteiger partial charge in [-0.25, -0.2) is 4.98 Å². The molecule has 2 unspecified atom stereocenters. The smallest absolute Gasteiger partial charge is 0.237 e. The maximum atomic E-state index is 12.5. The fraction of sp³-hybridized carbons (Fsp3) is 0.571. The van der Waals surface area contributed by atoms with E-state index in [1.807, 2.05) is 13.8 Å². The molecule has 128 valence electrons. The first-order valence-corrected chi connectivity index (χ1v) is 8.28. The lowest BCUT2D eigenvalue weighted by atomic mass is 10.0. The minimum atomic E-state index is -0.688. The van der Waals surface area contributed by atoms with Crippen molar-refractivity contribution in [3.05, 3.63) is 16.6 Å². The Bertz CT molecular complexity index is 531. The van der Waals surface area contributed by atoms with Crippen LogP contribution in [0.5, 0.6) is 0 Å². The van der Waals surface area contributed by atoms with Crippen LogP contribution >= 0.6 is 11.3 Å². The highest BCUT2D eigenvalue weighted by atomic mass is 32.1. The lowest BCUT2D eigenvalue weighted by Crippen LogP contribution is -2.50. The highest BCUT2D eigenvalue weighted by molar-refractivity contribution is 7.11. The Labute approximate surface area is 139 Å². The van der Waals surface area contributed by atoms with Gasteiger partial charge in [0.15, 0.2) is 11.0 Å². The molecule has 2 atom stereocenters. The second-order valence-electron chi connectivity index (χ2n) is 5.52. The van der Waals surface area contributed by atoms with Crippen molar-refractivity contribution in [2.75, 3.05) is 6.54 Å². The Morgan fingerprint density at radius 2 is 2.13 bits per heavy atom. The molecule has 1 aromatic rings. The Morgan fingerprint density at radius 3 is 2.65 bits per heavy atom. The molecule has 1 aromatic heterocycles. The molecule has 1 amide bonds. The lowest BCUT2D eigenvalue weighted by molar-refractivity contribution is -0.123. The van der Waals surface area contributed by atoms with Gasteiger partial charge in [0.2, 0.25) is 11.7 Å². The van der Waals surface area contributed by atoms with E-state index in [1.54, 1.807) is 11.6 Å². The van der Waals surface area contributed by atoms with E-state index in [0.717, 1.165) is 0 Å². The zero-order chi connectivity index (χ0) is 17.4. The van der Waals surface area contributed by atoms with Gasteiger partial charge in [0.05, 0.1) is 12.1 Å². The van der Waals surface area contributed by atoms with Crippen LogP contribution in [0, 0.1) is 11.3 Å². The number of ketones is 1. The van der Waals surface area contributed by atoms with Crippen LogP contribution in [0.1, 0.15) is 36.5 Å². The molecule has 0 saturated carbocycles. The van der Waals surface area contributed by atoms with Crippen molar-refractivity contribution in [3.8, 4) is 0 Å². The molecule has 1 rings (SSSR count). The Hall–Kier alpha value is -2.00. The Kier molecular flexibility index (Phi) is 7.63. The number of nitrogens with zero attached hydrogens (tertiary/aromatic N) is 1. The molecule has 0 aliphatic carbocycles. The van der Waals surface area contributed by atoms with Gasteiger partial charge >= 0.3 is 0 Å². The molecule has 0 saturated heterocycles. The van der Waals surface area contributed by atoms with Crippen LogP contribution in [0.15, 0.2) is 11.6 Å². The number of amides is 1. The molecule has 9 heteroatoms. The molecule has 0 aromatic carbocycles. The number of hydrogen-bond acceptors (Lipinski definition) is 6. The molecule has 0 fully saturated rings. The Morgan fingerprint density at radius 1 is 1.43 bits per heavy atom. The van der Waals surface area contributed by atoms with Crippen molar-refractivity contribution < 1.29 is 9.59 Å². The van der Waals surface area contributed by atoms with Crippen LogP contribution in [0.3, 0.4) is 0 Å². The molecule has 23 heavy (non-hydrogen) atoms. The van der Waals surface area contributed by atoms with Gasteiger partial charge in [-0.2, -0.15) is 0 Å². The fourth-order valence-electron chi connectivity index (χ4n) is 1.86. The van der Waals surface area contributed by atoms with Gasteiger partial charge in [-0.05, 0) is 18.8 Å². The van der Waals surface area contributed by atoms with E-state index in [9.17, 15) is 9.59 Å². The van der Waals surface area contributed by atoms with E-state index in [-0.39, 0.29) is 23.6 Å². The summed E-state index contributed by atoms with van der Waals surface area (Å²) in [6.07, 6.45) is 2.53. The summed E-state index contributed by atoms with van der Waals surface area (Å²) in [6.45, 7) is 4.14. The molecule has 7 N–H and O–H groups in total. The van der Waals surface area contributed by atoms with Gasteiger partial charge in [-0.1, -0.05) is 13.8 Å². The van der Waals surface area contributed by atoms with E-state index < -0.39 is 12.1 Å². The first-order chi connectivity index (χ1) is 10.8. The summed E-state index contributed by atoms with van der Waals surface area (Å²) in [7, 11) is 0. The SMILES string of the molecule is CC(C)C(N)C(=O)NC(CCCNC(=N)N)C(=O)c1nccs1. The van der Waals surface area contributed by atoms with Crippen molar-refractivity contribution in [3.63, 3.8) is 0 Å². The zero-order valence-corrected chi connectivity index (χ0v) is 14.2. The van der Waals surface area contributed by atoms with Crippen molar-refractivity contribution >= 4 is 29.0 Å². The van der Waals surface area contributed by atoms with E-state index in [2.05, 4.69) is 15.6 Å². The number of hydrogen-bond donors (Lipinski definition) is 5. The summed E-state index contributed by atoms with van der Waals surface area (Å²) in [5.74, 6) is -0.731. The van der Waals surface area contributed by atoms with Crippen LogP contribution in [0.25, 0.3) is 0 Å². The Balaban J connectivity index is 2.70. The number of guanidine groups is 1. The van der Waals surface area contributed by atoms with E-state index >= 15 is 0 Å². The minimum Gasteiger partial charge on any atom is -0.370 e. The van der Waals surface area contributed by atoms with Crippen LogP contribution in [-0.2, 0) is 4.79 Å². The third kappa shape index (κ3) is 6.33. The van der Waals surface area contributed by atoms with Crippen molar-refractivity contribution in [1.82, 2.24) is 15.6 Å². The normalized spacial score (nSPS) is 13.4. The first-order valence-electron chi connectivity index (χ1n) is 7.40. The number of nitrogens with one attached hydrogen (secondary N) is 3. The monoisotopic (exact) mass is 340 g/mol. The highest BCUT2D eigenvalue weighted by Gasteiger charge is 2.26. The van der Waals surface area contributed by atoms with Gasteiger partial charge in [-0.3, -0.25) is 15.0 Å². The molecule has 0 bridgehead atoms. The van der Waals surface area contributed by atoms with Crippen molar-refractivity contribution in [2.24, 2.45) is 17.4 Å². The number of Topliss-reactive ketones (excluding diaryl/α,β-unsaturated/α-hetero) is 1. The van der Waals surface area contributed by atoms with Gasteiger partial charge in [-0.15, -0.1) is 11.3 Å². The van der Waals surface area contributed by atoms with Gasteiger partial charge in [0.25, 0.3) is 0 Å². The molecular formula is C14H24N6O2S. The molecule has 0 spiro atoms. The van der Waals surface area contributed by atoms with Crippen LogP contribution in [0.2, 0.25) is 0 Å². The molecule has 0 aliphatic heterocycles. The largest absolute Gasteiger partial charge is 0.370 e. The summed E-state index contributed by atoms with van der Waals surface area (Å²) in [6, 6.07) is -1.36. The second-order valence-corrected chi connectivity index (χ2v) is 6.41. The topological polar surface area (TPSA) is 147 Å². The third-order valence-corrected chi connectivity index (χ3v) is 4.07. The molecule has 8 nitrogen and oxygen atoms in total. The van der Waals surface area contributed by atoms with Crippen LogP contribution in [-0.4, -0.2) is 41.3 Å². The maximum Gasteiger partial charge on any atom is 0.237 e. The average molecular weight is 340 g/mol. The van der Waals surface area contributed by atoms with Crippen LogP contribution in [0.4, 0.5) is 0 Å². The number of carbonyl (C=O) groups excluding carboxylic acids is 2. The quantitative estimate of drug-likeness (QED) is 0.186. The van der Waals surface area contributed by atoms with Gasteiger partial charge in [0, 0.05) is 18.1 Å². The predicted molar refractivity (Wildman–Crippen MR) is 90.3 cm³/mol. The molecule has 1 heterocycles. The van der Waals surface area contributed by atoms with E-state index in [1.165, 1.54) is 11.3 Å². The second kappa shape index (κ2) is 9.21. The van der Waals surface area contributed by atoms with Gasteiger partial charge in [0.1, 0.15) is 0 Å². The van der Waals surface area contributed by atoms with Crippen molar-refractivity contribution in [2.45, 2.75) is 38.8 Å². The molecular weight excluding hydrogens is 316 g/mol. The summed E-state index contributed by atoms with van der Waals surface area (Å²) >= 11 is 1.23. The molecule has 0 aliphatic rings. The van der Waals surface area contributed by atoms with Crippen molar-refractivity contribution in [1.29, 1.82) is 5.41 Å². The summed E-state index contributed by atoms with van der Waals surface area (Å²) < 4.78 is 0. The van der Waals surface area contributed by atoms with E-state index in [0.29, 0.717) is 24.4 Å². The third-order valence-electron chi connectivity index (χ3n) is 3.28. The fourth-order valence-corrected chi connectivity index (χ4v) is 2.49. The average Bonchev–Trinajstić information content (AvgIpc) is 3.02. The summed E-state index contributed by atoms with van der Waals surface area (Å²) in [5, 5.41) is 14.5. The summed E-state index contributed by atoms with van der Waals surface area (Å²) in [5.41, 5.74) is 11.0. The molecule has 0 radical (unpaired) electrons. The summed E-state index contributed by atoms with van der Waals surface area (Å²) in [4.78, 5) is 28.6. The number of carbonyl (C=O) groups is 2. The van der Waals surface area contributed by atoms with Crippen LogP contribution < -0.4 is 22.1 Å². The predicted octanol–water partition coefficient (Wildman–Crippen LogP) is 0.0572. The maximum absolute atomic E-state index is 12.5. The number of nitrogens with two attached hydrogens (primary N) is 2. The minimum absolute atomic E-state index is 0.0232. The van der Waals surface area contributed by atoms with Gasteiger partial charge < -0.3 is 22.1 Å². The lowest BCUT2D eigenvalue weighted by Gasteiger charge is -2.21. The number of rotatable bonds is 9. The van der Waals surface area contributed by atoms with E-state index in [4.69, 9.17) is 16.9 Å². The number of thiazole rings is 1. The zero-order valence-electron chi connectivity index (χ0n) is 13.3. The number of aromatic nitrogens is 1.